The topological polar surface area (TPSA) is 41.1 Å². The second kappa shape index (κ2) is 5.12. The van der Waals surface area contributed by atoms with E-state index in [1.807, 2.05) is 25.1 Å². The monoisotopic (exact) mass is 218 g/mol. The van der Waals surface area contributed by atoms with Gasteiger partial charge in [-0.2, -0.15) is 0 Å². The highest BCUT2D eigenvalue weighted by molar-refractivity contribution is 5.81. The molecule has 1 saturated carbocycles. The molecule has 0 aliphatic heterocycles. The molecule has 1 aromatic rings. The van der Waals surface area contributed by atoms with Gasteiger partial charge in [-0.05, 0) is 25.3 Å². The van der Waals surface area contributed by atoms with E-state index in [2.05, 4.69) is 22.8 Å². The van der Waals surface area contributed by atoms with Crippen LogP contribution >= 0.6 is 0 Å². The van der Waals surface area contributed by atoms with Gasteiger partial charge in [0.25, 0.3) is 0 Å². The van der Waals surface area contributed by atoms with Crippen LogP contribution in [0.3, 0.4) is 0 Å². The van der Waals surface area contributed by atoms with E-state index in [0.29, 0.717) is 6.04 Å². The Morgan fingerprint density at radius 3 is 2.69 bits per heavy atom. The van der Waals surface area contributed by atoms with Crippen LogP contribution in [0.25, 0.3) is 0 Å². The smallest absolute Gasteiger partial charge is 0.237 e. The molecule has 1 fully saturated rings. The number of carbonyl (C=O) groups is 1. The van der Waals surface area contributed by atoms with Gasteiger partial charge in [0.05, 0.1) is 6.04 Å². The fourth-order valence-electron chi connectivity index (χ4n) is 1.51. The van der Waals surface area contributed by atoms with Crippen LogP contribution in [-0.4, -0.2) is 18.0 Å². The summed E-state index contributed by atoms with van der Waals surface area (Å²) in [4.78, 5) is 11.6. The van der Waals surface area contributed by atoms with Gasteiger partial charge < -0.3 is 10.6 Å². The molecule has 2 N–H and O–H groups in total. The normalized spacial score (nSPS) is 16.8. The number of hydrogen-bond donors (Lipinski definition) is 2. The van der Waals surface area contributed by atoms with Gasteiger partial charge in [-0.1, -0.05) is 30.3 Å². The van der Waals surface area contributed by atoms with Gasteiger partial charge in [0.2, 0.25) is 5.91 Å². The summed E-state index contributed by atoms with van der Waals surface area (Å²) >= 11 is 0. The van der Waals surface area contributed by atoms with Gasteiger partial charge in [-0.25, -0.2) is 0 Å². The molecule has 0 bridgehead atoms. The highest BCUT2D eigenvalue weighted by Crippen LogP contribution is 2.18. The zero-order valence-electron chi connectivity index (χ0n) is 9.57. The zero-order valence-corrected chi connectivity index (χ0v) is 9.57. The number of hydrogen-bond acceptors (Lipinski definition) is 2. The average molecular weight is 218 g/mol. The number of benzene rings is 1. The molecular weight excluding hydrogens is 200 g/mol. The molecule has 0 heterocycles. The molecule has 0 spiro atoms. The van der Waals surface area contributed by atoms with Crippen molar-refractivity contribution in [1.29, 1.82) is 0 Å². The molecule has 1 aromatic carbocycles. The van der Waals surface area contributed by atoms with Crippen molar-refractivity contribution in [2.45, 2.75) is 38.4 Å². The number of nitrogens with one attached hydrogen (secondary N) is 2. The van der Waals surface area contributed by atoms with Crippen LogP contribution in [0, 0.1) is 0 Å². The van der Waals surface area contributed by atoms with Crippen LogP contribution in [-0.2, 0) is 11.3 Å². The maximum absolute atomic E-state index is 11.6. The first kappa shape index (κ1) is 11.1. The Morgan fingerprint density at radius 1 is 1.38 bits per heavy atom. The Balaban J connectivity index is 1.74. The van der Waals surface area contributed by atoms with Crippen molar-refractivity contribution in [3.63, 3.8) is 0 Å². The van der Waals surface area contributed by atoms with Crippen LogP contribution in [0.15, 0.2) is 30.3 Å². The highest BCUT2D eigenvalue weighted by Gasteiger charge is 2.25. The summed E-state index contributed by atoms with van der Waals surface area (Å²) in [5, 5.41) is 6.21. The first-order chi connectivity index (χ1) is 7.75. The summed E-state index contributed by atoms with van der Waals surface area (Å²) in [6, 6.07) is 10.4. The van der Waals surface area contributed by atoms with Gasteiger partial charge in [0, 0.05) is 12.6 Å². The first-order valence-corrected chi connectivity index (χ1v) is 5.83. The molecule has 3 heteroatoms. The molecule has 0 radical (unpaired) electrons. The van der Waals surface area contributed by atoms with E-state index in [0.717, 1.165) is 19.4 Å². The van der Waals surface area contributed by atoms with Crippen molar-refractivity contribution in [3.8, 4) is 0 Å². The van der Waals surface area contributed by atoms with Gasteiger partial charge in [0.15, 0.2) is 0 Å². The summed E-state index contributed by atoms with van der Waals surface area (Å²) in [5.41, 5.74) is 1.20. The average Bonchev–Trinajstić information content (AvgIpc) is 3.11. The van der Waals surface area contributed by atoms with Crippen LogP contribution in [0.4, 0.5) is 0 Å². The van der Waals surface area contributed by atoms with E-state index in [1.165, 1.54) is 5.56 Å². The lowest BCUT2D eigenvalue weighted by atomic mass is 10.2. The van der Waals surface area contributed by atoms with E-state index in [-0.39, 0.29) is 11.9 Å². The number of rotatable bonds is 5. The molecular formula is C13H18N2O. The van der Waals surface area contributed by atoms with Crippen molar-refractivity contribution >= 4 is 5.91 Å². The predicted molar refractivity (Wildman–Crippen MR) is 63.9 cm³/mol. The maximum Gasteiger partial charge on any atom is 0.237 e. The zero-order chi connectivity index (χ0) is 11.4. The van der Waals surface area contributed by atoms with Crippen molar-refractivity contribution in [1.82, 2.24) is 10.6 Å². The standard InChI is InChI=1S/C13H18N2O/c1-10(13(16)15-12-7-8-12)14-9-11-5-3-2-4-6-11/h2-6,10,12,14H,7-9H2,1H3,(H,15,16). The largest absolute Gasteiger partial charge is 0.352 e. The lowest BCUT2D eigenvalue weighted by molar-refractivity contribution is -0.122. The van der Waals surface area contributed by atoms with Crippen LogP contribution < -0.4 is 10.6 Å². The van der Waals surface area contributed by atoms with E-state index >= 15 is 0 Å². The third-order valence-electron chi connectivity index (χ3n) is 2.77. The quantitative estimate of drug-likeness (QED) is 0.785. The van der Waals surface area contributed by atoms with E-state index in [4.69, 9.17) is 0 Å². The van der Waals surface area contributed by atoms with Crippen LogP contribution in [0.5, 0.6) is 0 Å². The molecule has 16 heavy (non-hydrogen) atoms. The third kappa shape index (κ3) is 3.35. The Bertz CT molecular complexity index is 346. The van der Waals surface area contributed by atoms with Crippen molar-refractivity contribution in [2.75, 3.05) is 0 Å². The van der Waals surface area contributed by atoms with Crippen molar-refractivity contribution in [2.24, 2.45) is 0 Å². The minimum atomic E-state index is -0.124. The molecule has 3 nitrogen and oxygen atoms in total. The Labute approximate surface area is 96.2 Å². The SMILES string of the molecule is CC(NCc1ccccc1)C(=O)NC1CC1. The summed E-state index contributed by atoms with van der Waals surface area (Å²) in [7, 11) is 0. The highest BCUT2D eigenvalue weighted by atomic mass is 16.2. The lowest BCUT2D eigenvalue weighted by Crippen LogP contribution is -2.42. The Kier molecular flexibility index (Phi) is 3.57. The summed E-state index contributed by atoms with van der Waals surface area (Å²) < 4.78 is 0. The fraction of sp³-hybridized carbons (Fsp3) is 0.462. The molecule has 1 amide bonds. The molecule has 1 unspecified atom stereocenters. The Hall–Kier alpha value is -1.35. The van der Waals surface area contributed by atoms with Gasteiger partial charge in [-0.15, -0.1) is 0 Å². The third-order valence-corrected chi connectivity index (χ3v) is 2.77. The molecule has 1 atom stereocenters. The van der Waals surface area contributed by atoms with E-state index in [9.17, 15) is 4.79 Å². The summed E-state index contributed by atoms with van der Waals surface area (Å²) in [6.07, 6.45) is 2.27. The first-order valence-electron chi connectivity index (χ1n) is 5.83. The molecule has 2 rings (SSSR count). The van der Waals surface area contributed by atoms with Gasteiger partial charge >= 0.3 is 0 Å². The molecule has 86 valence electrons. The summed E-state index contributed by atoms with van der Waals surface area (Å²) in [6.45, 7) is 2.64. The van der Waals surface area contributed by atoms with Crippen LogP contribution in [0.2, 0.25) is 0 Å². The predicted octanol–water partition coefficient (Wildman–Crippen LogP) is 1.44. The van der Waals surface area contributed by atoms with Crippen molar-refractivity contribution < 1.29 is 4.79 Å². The molecule has 1 aliphatic carbocycles. The van der Waals surface area contributed by atoms with E-state index < -0.39 is 0 Å². The van der Waals surface area contributed by atoms with E-state index in [1.54, 1.807) is 0 Å². The van der Waals surface area contributed by atoms with Gasteiger partial charge in [0.1, 0.15) is 0 Å². The molecule has 0 saturated heterocycles. The second-order valence-electron chi connectivity index (χ2n) is 4.37. The molecule has 1 aliphatic rings. The second-order valence-corrected chi connectivity index (χ2v) is 4.37. The lowest BCUT2D eigenvalue weighted by Gasteiger charge is -2.13. The van der Waals surface area contributed by atoms with Gasteiger partial charge in [-0.3, -0.25) is 4.79 Å². The number of carbonyl (C=O) groups excluding carboxylic acids is 1. The Morgan fingerprint density at radius 2 is 2.06 bits per heavy atom. The minimum Gasteiger partial charge on any atom is -0.352 e. The summed E-state index contributed by atoms with van der Waals surface area (Å²) in [5.74, 6) is 0.110. The van der Waals surface area contributed by atoms with Crippen molar-refractivity contribution in [3.05, 3.63) is 35.9 Å². The maximum atomic E-state index is 11.6. The number of amides is 1. The molecule has 0 aromatic heterocycles. The van der Waals surface area contributed by atoms with Crippen LogP contribution in [0.1, 0.15) is 25.3 Å². The minimum absolute atomic E-state index is 0.110. The fourth-order valence-corrected chi connectivity index (χ4v) is 1.51.